The van der Waals surface area contributed by atoms with Gasteiger partial charge in [-0.25, -0.2) is 0 Å². The number of nitrogens with one attached hydrogen (secondary N) is 1. The van der Waals surface area contributed by atoms with Crippen LogP contribution in [0, 0.1) is 6.92 Å². The van der Waals surface area contributed by atoms with Crippen molar-refractivity contribution in [3.63, 3.8) is 0 Å². The first-order valence-electron chi connectivity index (χ1n) is 9.24. The number of rotatable bonds is 5. The Bertz CT molecular complexity index is 1190. The fourth-order valence-electron chi connectivity index (χ4n) is 3.38. The molecule has 2 aromatic heterocycles. The first kappa shape index (κ1) is 18.5. The summed E-state index contributed by atoms with van der Waals surface area (Å²) < 4.78 is 6.91. The number of benzene rings is 2. The molecule has 0 saturated carbocycles. The van der Waals surface area contributed by atoms with Crippen LogP contribution in [0.4, 0.5) is 5.69 Å². The van der Waals surface area contributed by atoms with Gasteiger partial charge in [-0.2, -0.15) is 0 Å². The van der Waals surface area contributed by atoms with Gasteiger partial charge in [0.2, 0.25) is 0 Å². The molecule has 4 aromatic rings. The average molecular weight is 384 g/mol. The minimum Gasteiger partial charge on any atom is -0.497 e. The van der Waals surface area contributed by atoms with Gasteiger partial charge < -0.3 is 14.5 Å². The van der Waals surface area contributed by atoms with E-state index >= 15 is 0 Å². The van der Waals surface area contributed by atoms with Crippen molar-refractivity contribution in [2.24, 2.45) is 0 Å². The van der Waals surface area contributed by atoms with E-state index in [1.165, 1.54) is 0 Å². The summed E-state index contributed by atoms with van der Waals surface area (Å²) in [4.78, 5) is 26.0. The maximum atomic E-state index is 13.2. The normalized spacial score (nSPS) is 10.7. The number of pyridine rings is 1. The van der Waals surface area contributed by atoms with Crippen LogP contribution in [0.5, 0.6) is 5.75 Å². The second-order valence-electron chi connectivity index (χ2n) is 6.73. The number of ketones is 1. The molecule has 29 heavy (non-hydrogen) atoms. The van der Waals surface area contributed by atoms with Crippen LogP contribution >= 0.6 is 0 Å². The molecule has 0 saturated heterocycles. The van der Waals surface area contributed by atoms with Gasteiger partial charge in [0.25, 0.3) is 11.7 Å². The molecule has 0 radical (unpaired) electrons. The summed E-state index contributed by atoms with van der Waals surface area (Å²) in [5.74, 6) is -0.604. The van der Waals surface area contributed by atoms with Crippen molar-refractivity contribution in [2.75, 3.05) is 12.4 Å². The predicted molar refractivity (Wildman–Crippen MR) is 114 cm³/mol. The molecular weight excluding hydrogens is 364 g/mol. The summed E-state index contributed by atoms with van der Waals surface area (Å²) in [5, 5.41) is 2.68. The van der Waals surface area contributed by atoms with Gasteiger partial charge in [0.1, 0.15) is 11.4 Å². The first-order chi connectivity index (χ1) is 14.1. The SMILES string of the molecule is COc1ccc(NC(=O)C(=O)c2c(-c3ccccc3)cc3c(C)cccn23)cc1. The molecule has 5 heteroatoms. The number of nitrogens with zero attached hydrogens (tertiary/aromatic N) is 1. The van der Waals surface area contributed by atoms with Crippen LogP contribution in [-0.4, -0.2) is 23.2 Å². The van der Waals surface area contributed by atoms with Crippen molar-refractivity contribution in [1.82, 2.24) is 4.40 Å². The third-order valence-corrected chi connectivity index (χ3v) is 4.88. The first-order valence-corrected chi connectivity index (χ1v) is 9.24. The van der Waals surface area contributed by atoms with Gasteiger partial charge in [0, 0.05) is 23.0 Å². The molecule has 0 spiro atoms. The summed E-state index contributed by atoms with van der Waals surface area (Å²) in [6.45, 7) is 1.98. The maximum Gasteiger partial charge on any atom is 0.298 e. The molecule has 4 rings (SSSR count). The fraction of sp³-hybridized carbons (Fsp3) is 0.0833. The van der Waals surface area contributed by atoms with E-state index < -0.39 is 11.7 Å². The number of anilines is 1. The number of aryl methyl sites for hydroxylation is 1. The van der Waals surface area contributed by atoms with E-state index in [1.807, 2.05) is 61.7 Å². The van der Waals surface area contributed by atoms with Gasteiger partial charge in [0.05, 0.1) is 7.11 Å². The minimum absolute atomic E-state index is 0.348. The average Bonchev–Trinajstić information content (AvgIpc) is 3.15. The van der Waals surface area contributed by atoms with Crippen LogP contribution in [-0.2, 0) is 4.79 Å². The molecule has 0 fully saturated rings. The van der Waals surface area contributed by atoms with Crippen LogP contribution in [0.3, 0.4) is 0 Å². The molecule has 0 unspecified atom stereocenters. The van der Waals surface area contributed by atoms with E-state index in [4.69, 9.17) is 4.74 Å². The highest BCUT2D eigenvalue weighted by molar-refractivity contribution is 6.47. The zero-order chi connectivity index (χ0) is 20.4. The van der Waals surface area contributed by atoms with Gasteiger partial charge >= 0.3 is 0 Å². The molecular formula is C24H20N2O3. The van der Waals surface area contributed by atoms with E-state index in [0.29, 0.717) is 17.1 Å². The molecule has 0 aliphatic heterocycles. The van der Waals surface area contributed by atoms with Gasteiger partial charge in [-0.1, -0.05) is 36.4 Å². The van der Waals surface area contributed by atoms with Crippen LogP contribution in [0.2, 0.25) is 0 Å². The van der Waals surface area contributed by atoms with Crippen molar-refractivity contribution in [1.29, 1.82) is 0 Å². The highest BCUT2D eigenvalue weighted by Gasteiger charge is 2.25. The summed E-state index contributed by atoms with van der Waals surface area (Å²) in [6, 6.07) is 22.3. The van der Waals surface area contributed by atoms with Crippen LogP contribution < -0.4 is 10.1 Å². The minimum atomic E-state index is -0.686. The van der Waals surface area contributed by atoms with Gasteiger partial charge in [-0.05, 0) is 54.4 Å². The molecule has 0 bridgehead atoms. The number of ether oxygens (including phenoxy) is 1. The van der Waals surface area contributed by atoms with Crippen molar-refractivity contribution in [3.05, 3.63) is 90.3 Å². The van der Waals surface area contributed by atoms with Crippen molar-refractivity contribution >= 4 is 22.9 Å². The van der Waals surface area contributed by atoms with Crippen LogP contribution in [0.15, 0.2) is 79.0 Å². The fourth-order valence-corrected chi connectivity index (χ4v) is 3.38. The lowest BCUT2D eigenvalue weighted by Gasteiger charge is -2.08. The molecule has 144 valence electrons. The number of amides is 1. The highest BCUT2D eigenvalue weighted by atomic mass is 16.5. The molecule has 1 N–H and O–H groups in total. The number of carbonyl (C=O) groups is 2. The lowest BCUT2D eigenvalue weighted by molar-refractivity contribution is -0.112. The Labute approximate surface area is 168 Å². The second kappa shape index (κ2) is 7.64. The van der Waals surface area contributed by atoms with Crippen LogP contribution in [0.25, 0.3) is 16.6 Å². The second-order valence-corrected chi connectivity index (χ2v) is 6.73. The Balaban J connectivity index is 1.76. The molecule has 0 aliphatic carbocycles. The summed E-state index contributed by atoms with van der Waals surface area (Å²) in [6.07, 6.45) is 1.81. The monoisotopic (exact) mass is 384 g/mol. The van der Waals surface area contributed by atoms with E-state index in [0.717, 1.165) is 22.2 Å². The number of hydrogen-bond donors (Lipinski definition) is 1. The van der Waals surface area contributed by atoms with E-state index in [9.17, 15) is 9.59 Å². The molecule has 0 atom stereocenters. The van der Waals surface area contributed by atoms with E-state index in [2.05, 4.69) is 5.32 Å². The lowest BCUT2D eigenvalue weighted by atomic mass is 10.0. The zero-order valence-corrected chi connectivity index (χ0v) is 16.2. The Kier molecular flexibility index (Phi) is 4.87. The molecule has 2 aromatic carbocycles. The Hall–Kier alpha value is -3.86. The third-order valence-electron chi connectivity index (χ3n) is 4.88. The number of Topliss-reactive ketones (excluding diaryl/α,β-unsaturated/α-hetero) is 1. The van der Waals surface area contributed by atoms with Gasteiger partial charge in [0.15, 0.2) is 0 Å². The number of carbonyl (C=O) groups excluding carboxylic acids is 2. The van der Waals surface area contributed by atoms with Crippen molar-refractivity contribution < 1.29 is 14.3 Å². The molecule has 5 nitrogen and oxygen atoms in total. The lowest BCUT2D eigenvalue weighted by Crippen LogP contribution is -2.24. The molecule has 1 amide bonds. The van der Waals surface area contributed by atoms with Crippen molar-refractivity contribution in [2.45, 2.75) is 6.92 Å². The van der Waals surface area contributed by atoms with Gasteiger partial charge in [-0.3, -0.25) is 9.59 Å². The standard InChI is InChI=1S/C24H20N2O3/c1-16-7-6-14-26-21(16)15-20(17-8-4-3-5-9-17)22(26)23(27)24(28)25-18-10-12-19(29-2)13-11-18/h3-15H,1-2H3,(H,25,28). The Morgan fingerprint density at radius 2 is 1.66 bits per heavy atom. The smallest absolute Gasteiger partial charge is 0.298 e. The Morgan fingerprint density at radius 3 is 2.34 bits per heavy atom. The number of aromatic nitrogens is 1. The van der Waals surface area contributed by atoms with E-state index in [1.54, 1.807) is 35.8 Å². The molecule has 0 aliphatic rings. The quantitative estimate of drug-likeness (QED) is 0.399. The number of fused-ring (bicyclic) bond motifs is 1. The van der Waals surface area contributed by atoms with Gasteiger partial charge in [-0.15, -0.1) is 0 Å². The molecule has 2 heterocycles. The zero-order valence-electron chi connectivity index (χ0n) is 16.2. The largest absolute Gasteiger partial charge is 0.497 e. The van der Waals surface area contributed by atoms with Crippen molar-refractivity contribution in [3.8, 4) is 16.9 Å². The van der Waals surface area contributed by atoms with E-state index in [-0.39, 0.29) is 0 Å². The number of methoxy groups -OCH3 is 1. The third kappa shape index (κ3) is 3.50. The predicted octanol–water partition coefficient (Wildman–Crippen LogP) is 4.74. The Morgan fingerprint density at radius 1 is 0.931 bits per heavy atom. The highest BCUT2D eigenvalue weighted by Crippen LogP contribution is 2.30. The topological polar surface area (TPSA) is 59.8 Å². The summed E-state index contributed by atoms with van der Waals surface area (Å²) in [7, 11) is 1.57. The summed E-state index contributed by atoms with van der Waals surface area (Å²) >= 11 is 0. The number of hydrogen-bond acceptors (Lipinski definition) is 3. The van der Waals surface area contributed by atoms with Crippen LogP contribution in [0.1, 0.15) is 16.1 Å². The maximum absolute atomic E-state index is 13.2. The summed E-state index contributed by atoms with van der Waals surface area (Å²) in [5.41, 5.74) is 4.42.